The minimum absolute atomic E-state index is 0.0724. The quantitative estimate of drug-likeness (QED) is 0.394. The van der Waals surface area contributed by atoms with E-state index >= 15 is 0 Å². The van der Waals surface area contributed by atoms with Gasteiger partial charge in [-0.15, -0.1) is 0 Å². The predicted molar refractivity (Wildman–Crippen MR) is 116 cm³/mol. The van der Waals surface area contributed by atoms with Crippen molar-refractivity contribution in [1.82, 2.24) is 5.32 Å². The molecule has 0 aromatic heterocycles. The van der Waals surface area contributed by atoms with E-state index in [1.54, 1.807) is 6.92 Å². The zero-order valence-electron chi connectivity index (χ0n) is 17.4. The number of nitrogens with zero attached hydrogens (tertiary/aromatic N) is 1. The Balaban J connectivity index is 1.81. The van der Waals surface area contributed by atoms with E-state index in [4.69, 9.17) is 16.3 Å². The summed E-state index contributed by atoms with van der Waals surface area (Å²) in [6.45, 7) is 1.78. The van der Waals surface area contributed by atoms with E-state index in [2.05, 4.69) is 5.32 Å². The van der Waals surface area contributed by atoms with Crippen LogP contribution in [0, 0.1) is 10.1 Å². The van der Waals surface area contributed by atoms with E-state index in [9.17, 15) is 19.7 Å². The zero-order chi connectivity index (χ0) is 22.1. The number of carbonyl (C=O) groups is 2. The van der Waals surface area contributed by atoms with Crippen LogP contribution in [0.1, 0.15) is 69.8 Å². The summed E-state index contributed by atoms with van der Waals surface area (Å²) < 4.78 is 5.84. The molecule has 3 aliphatic rings. The number of benzene rings is 1. The van der Waals surface area contributed by atoms with Gasteiger partial charge in [0.1, 0.15) is 6.10 Å². The van der Waals surface area contributed by atoms with Crippen molar-refractivity contribution in [3.05, 3.63) is 61.4 Å². The summed E-state index contributed by atoms with van der Waals surface area (Å²) in [7, 11) is 0. The molecule has 7 nitrogen and oxygen atoms in total. The van der Waals surface area contributed by atoms with E-state index in [0.717, 1.165) is 44.2 Å². The van der Waals surface area contributed by atoms with Gasteiger partial charge in [-0.05, 0) is 57.1 Å². The Morgan fingerprint density at radius 2 is 1.94 bits per heavy atom. The van der Waals surface area contributed by atoms with Gasteiger partial charge in [0, 0.05) is 46.5 Å². The molecule has 0 saturated heterocycles. The minimum Gasteiger partial charge on any atom is -0.459 e. The molecule has 4 rings (SSSR count). The van der Waals surface area contributed by atoms with Crippen LogP contribution in [0.5, 0.6) is 0 Å². The van der Waals surface area contributed by atoms with Crippen LogP contribution in [-0.2, 0) is 14.3 Å². The molecule has 1 saturated carbocycles. The molecule has 2 aliphatic carbocycles. The fourth-order valence-electron chi connectivity index (χ4n) is 4.83. The second-order valence-electron chi connectivity index (χ2n) is 8.39. The number of halogens is 1. The minimum atomic E-state index is -0.785. The van der Waals surface area contributed by atoms with Crippen molar-refractivity contribution < 1.29 is 19.2 Å². The Bertz CT molecular complexity index is 1010. The Kier molecular flexibility index (Phi) is 6.14. The normalized spacial score (nSPS) is 22.1. The maximum absolute atomic E-state index is 13.3. The summed E-state index contributed by atoms with van der Waals surface area (Å²) in [4.78, 5) is 37.2. The molecule has 1 N–H and O–H groups in total. The molecule has 8 heteroatoms. The molecule has 0 radical (unpaired) electrons. The molecule has 1 heterocycles. The van der Waals surface area contributed by atoms with E-state index in [1.165, 1.54) is 18.2 Å². The molecular formula is C23H25ClN2O5. The highest BCUT2D eigenvalue weighted by molar-refractivity contribution is 6.31. The number of esters is 1. The third-order valence-corrected chi connectivity index (χ3v) is 6.67. The van der Waals surface area contributed by atoms with Crippen LogP contribution in [-0.4, -0.2) is 22.8 Å². The number of non-ortho nitro benzene ring substituents is 1. The molecule has 0 spiro atoms. The van der Waals surface area contributed by atoms with Crippen LogP contribution in [0.3, 0.4) is 0 Å². The average Bonchev–Trinajstić information content (AvgIpc) is 2.74. The number of carbonyl (C=O) groups excluding carboxylic acids is 2. The number of Topliss-reactive ketones (excluding diaryl/α,β-unsaturated/α-hetero) is 1. The van der Waals surface area contributed by atoms with Gasteiger partial charge in [-0.2, -0.15) is 0 Å². The average molecular weight is 445 g/mol. The lowest BCUT2D eigenvalue weighted by atomic mass is 9.75. The standard InChI is InChI=1S/C23H25ClN2O5/c1-13-20(23(28)31-15-6-3-2-4-7-15)21(22-18(25-13)8-5-9-19(22)27)16-12-14(26(29)30)10-11-17(16)24/h10-12,15,21,25H,2-9H2,1H3. The van der Waals surface area contributed by atoms with E-state index in [0.29, 0.717) is 35.2 Å². The molecule has 1 aromatic rings. The lowest BCUT2D eigenvalue weighted by Crippen LogP contribution is -2.35. The molecule has 1 unspecified atom stereocenters. The highest BCUT2D eigenvalue weighted by Gasteiger charge is 2.41. The number of ether oxygens (including phenoxy) is 1. The first-order valence-electron chi connectivity index (χ1n) is 10.8. The summed E-state index contributed by atoms with van der Waals surface area (Å²) in [6.07, 6.45) is 6.41. The third kappa shape index (κ3) is 4.24. The first kappa shape index (κ1) is 21.6. The van der Waals surface area contributed by atoms with Crippen molar-refractivity contribution in [2.75, 3.05) is 0 Å². The number of rotatable bonds is 4. The molecule has 0 bridgehead atoms. The number of nitro benzene ring substituents is 1. The topological polar surface area (TPSA) is 98.5 Å². The fourth-order valence-corrected chi connectivity index (χ4v) is 5.06. The first-order chi connectivity index (χ1) is 14.9. The maximum Gasteiger partial charge on any atom is 0.337 e. The van der Waals surface area contributed by atoms with Gasteiger partial charge in [-0.25, -0.2) is 4.79 Å². The summed E-state index contributed by atoms with van der Waals surface area (Å²) >= 11 is 6.47. The molecule has 1 aromatic carbocycles. The number of hydrogen-bond donors (Lipinski definition) is 1. The Labute approximate surface area is 185 Å². The number of nitrogens with one attached hydrogen (secondary N) is 1. The van der Waals surface area contributed by atoms with Gasteiger partial charge in [-0.1, -0.05) is 18.0 Å². The lowest BCUT2D eigenvalue weighted by molar-refractivity contribution is -0.384. The first-order valence-corrected chi connectivity index (χ1v) is 11.1. The smallest absolute Gasteiger partial charge is 0.337 e. The number of allylic oxidation sites excluding steroid dienone is 3. The van der Waals surface area contributed by atoms with Crippen LogP contribution in [0.25, 0.3) is 0 Å². The zero-order valence-corrected chi connectivity index (χ0v) is 18.2. The van der Waals surface area contributed by atoms with Crippen LogP contribution >= 0.6 is 11.6 Å². The molecular weight excluding hydrogens is 420 g/mol. The largest absolute Gasteiger partial charge is 0.459 e. The van der Waals surface area contributed by atoms with Crippen LogP contribution in [0.4, 0.5) is 5.69 Å². The van der Waals surface area contributed by atoms with Gasteiger partial charge in [0.15, 0.2) is 5.78 Å². The highest BCUT2D eigenvalue weighted by Crippen LogP contribution is 2.45. The molecule has 1 atom stereocenters. The second-order valence-corrected chi connectivity index (χ2v) is 8.80. The third-order valence-electron chi connectivity index (χ3n) is 6.32. The number of ketones is 1. The summed E-state index contributed by atoms with van der Waals surface area (Å²) in [5, 5.41) is 14.9. The van der Waals surface area contributed by atoms with Crippen molar-refractivity contribution in [3.8, 4) is 0 Å². The Morgan fingerprint density at radius 3 is 2.65 bits per heavy atom. The SMILES string of the molecule is CC1=C(C(=O)OC2CCCCC2)C(c2cc([N+](=O)[O-])ccc2Cl)C2=C(CCCC2=O)N1. The predicted octanol–water partition coefficient (Wildman–Crippen LogP) is 5.09. The van der Waals surface area contributed by atoms with E-state index in [-0.39, 0.29) is 22.6 Å². The summed E-state index contributed by atoms with van der Waals surface area (Å²) in [5.74, 6) is -1.35. The molecule has 31 heavy (non-hydrogen) atoms. The number of dihydropyridines is 1. The molecule has 1 aliphatic heterocycles. The Hall–Kier alpha value is -2.67. The van der Waals surface area contributed by atoms with Gasteiger partial charge in [0.2, 0.25) is 0 Å². The van der Waals surface area contributed by atoms with Crippen LogP contribution < -0.4 is 5.32 Å². The molecule has 0 amide bonds. The second kappa shape index (κ2) is 8.83. The van der Waals surface area contributed by atoms with Gasteiger partial charge in [0.05, 0.1) is 10.5 Å². The van der Waals surface area contributed by atoms with Gasteiger partial charge < -0.3 is 10.1 Å². The monoisotopic (exact) mass is 444 g/mol. The van der Waals surface area contributed by atoms with Gasteiger partial charge >= 0.3 is 5.97 Å². The lowest BCUT2D eigenvalue weighted by Gasteiger charge is -2.35. The molecule has 164 valence electrons. The van der Waals surface area contributed by atoms with Gasteiger partial charge in [-0.3, -0.25) is 14.9 Å². The van der Waals surface area contributed by atoms with Crippen molar-refractivity contribution in [2.24, 2.45) is 0 Å². The number of nitro groups is 1. The van der Waals surface area contributed by atoms with Crippen molar-refractivity contribution >= 4 is 29.0 Å². The van der Waals surface area contributed by atoms with E-state index in [1.807, 2.05) is 0 Å². The summed E-state index contributed by atoms with van der Waals surface area (Å²) in [6, 6.07) is 4.14. The number of hydrogen-bond acceptors (Lipinski definition) is 6. The van der Waals surface area contributed by atoms with Crippen LogP contribution in [0.15, 0.2) is 40.7 Å². The van der Waals surface area contributed by atoms with Crippen LogP contribution in [0.2, 0.25) is 5.02 Å². The fraction of sp³-hybridized carbons (Fsp3) is 0.478. The highest BCUT2D eigenvalue weighted by atomic mass is 35.5. The van der Waals surface area contributed by atoms with Crippen molar-refractivity contribution in [2.45, 2.75) is 70.3 Å². The van der Waals surface area contributed by atoms with Crippen molar-refractivity contribution in [1.29, 1.82) is 0 Å². The van der Waals surface area contributed by atoms with Crippen molar-refractivity contribution in [3.63, 3.8) is 0 Å². The van der Waals surface area contributed by atoms with E-state index < -0.39 is 16.8 Å². The summed E-state index contributed by atoms with van der Waals surface area (Å²) in [5.41, 5.74) is 2.38. The maximum atomic E-state index is 13.3. The Morgan fingerprint density at radius 1 is 1.19 bits per heavy atom. The van der Waals surface area contributed by atoms with Gasteiger partial charge in [0.25, 0.3) is 5.69 Å². The molecule has 1 fully saturated rings.